The van der Waals surface area contributed by atoms with Crippen molar-refractivity contribution in [1.82, 2.24) is 4.90 Å². The SMILES string of the molecule is CCCC(=O)N(CCCO)CCC(=O)OCC. The van der Waals surface area contributed by atoms with Crippen LogP contribution >= 0.6 is 0 Å². The lowest BCUT2D eigenvalue weighted by atomic mass is 10.2. The average Bonchev–Trinajstić information content (AvgIpc) is 2.29. The molecule has 0 saturated carbocycles. The lowest BCUT2D eigenvalue weighted by molar-refractivity contribution is -0.144. The van der Waals surface area contributed by atoms with Gasteiger partial charge in [0.25, 0.3) is 0 Å². The lowest BCUT2D eigenvalue weighted by Crippen LogP contribution is -2.34. The average molecular weight is 245 g/mol. The Morgan fingerprint density at radius 2 is 1.88 bits per heavy atom. The quantitative estimate of drug-likeness (QED) is 0.614. The van der Waals surface area contributed by atoms with Crippen molar-refractivity contribution in [3.63, 3.8) is 0 Å². The molecule has 0 aromatic carbocycles. The number of carbonyl (C=O) groups excluding carboxylic acids is 2. The van der Waals surface area contributed by atoms with Crippen LogP contribution in [0.25, 0.3) is 0 Å². The van der Waals surface area contributed by atoms with E-state index in [9.17, 15) is 9.59 Å². The molecule has 0 spiro atoms. The molecule has 1 amide bonds. The Morgan fingerprint density at radius 3 is 2.41 bits per heavy atom. The Balaban J connectivity index is 4.08. The van der Waals surface area contributed by atoms with Crippen LogP contribution in [0.1, 0.15) is 39.5 Å². The van der Waals surface area contributed by atoms with Crippen LogP contribution in [-0.2, 0) is 14.3 Å². The second-order valence-corrected chi connectivity index (χ2v) is 3.76. The van der Waals surface area contributed by atoms with Gasteiger partial charge in [0, 0.05) is 26.1 Å². The number of amides is 1. The molecule has 0 rings (SSSR count). The first-order valence-electron chi connectivity index (χ1n) is 6.19. The van der Waals surface area contributed by atoms with Gasteiger partial charge in [-0.1, -0.05) is 6.92 Å². The first-order chi connectivity index (χ1) is 8.15. The van der Waals surface area contributed by atoms with Crippen LogP contribution in [0.5, 0.6) is 0 Å². The number of esters is 1. The molecule has 0 radical (unpaired) electrons. The maximum absolute atomic E-state index is 11.7. The molecule has 0 aliphatic heterocycles. The minimum Gasteiger partial charge on any atom is -0.466 e. The second kappa shape index (κ2) is 10.1. The third kappa shape index (κ3) is 7.74. The van der Waals surface area contributed by atoms with Crippen molar-refractivity contribution in [1.29, 1.82) is 0 Å². The minimum absolute atomic E-state index is 0.0326. The Hall–Kier alpha value is -1.10. The van der Waals surface area contributed by atoms with Crippen LogP contribution in [0.3, 0.4) is 0 Å². The Morgan fingerprint density at radius 1 is 1.18 bits per heavy atom. The van der Waals surface area contributed by atoms with Crippen molar-refractivity contribution in [2.75, 3.05) is 26.3 Å². The van der Waals surface area contributed by atoms with Crippen LogP contribution in [0.15, 0.2) is 0 Å². The van der Waals surface area contributed by atoms with Crippen LogP contribution in [0, 0.1) is 0 Å². The monoisotopic (exact) mass is 245 g/mol. The first kappa shape index (κ1) is 15.9. The molecule has 100 valence electrons. The fourth-order valence-electron chi connectivity index (χ4n) is 1.45. The van der Waals surface area contributed by atoms with E-state index < -0.39 is 0 Å². The molecule has 0 fully saturated rings. The van der Waals surface area contributed by atoms with E-state index in [4.69, 9.17) is 9.84 Å². The second-order valence-electron chi connectivity index (χ2n) is 3.76. The largest absolute Gasteiger partial charge is 0.466 e. The van der Waals surface area contributed by atoms with Gasteiger partial charge in [0.15, 0.2) is 0 Å². The van der Waals surface area contributed by atoms with Gasteiger partial charge in [0.05, 0.1) is 13.0 Å². The van der Waals surface area contributed by atoms with Crippen molar-refractivity contribution in [2.24, 2.45) is 0 Å². The smallest absolute Gasteiger partial charge is 0.307 e. The molecule has 0 aliphatic carbocycles. The molecular formula is C12H23NO4. The van der Waals surface area contributed by atoms with E-state index in [1.165, 1.54) is 0 Å². The zero-order chi connectivity index (χ0) is 13.1. The molecule has 0 bridgehead atoms. The summed E-state index contributed by atoms with van der Waals surface area (Å²) >= 11 is 0. The summed E-state index contributed by atoms with van der Waals surface area (Å²) in [4.78, 5) is 24.5. The minimum atomic E-state index is -0.286. The summed E-state index contributed by atoms with van der Waals surface area (Å²) in [5.74, 6) is -0.254. The number of aliphatic hydroxyl groups excluding tert-OH is 1. The van der Waals surface area contributed by atoms with E-state index in [0.717, 1.165) is 6.42 Å². The summed E-state index contributed by atoms with van der Waals surface area (Å²) in [5.41, 5.74) is 0. The highest BCUT2D eigenvalue weighted by molar-refractivity contribution is 5.77. The molecule has 0 aliphatic rings. The number of hydrogen-bond donors (Lipinski definition) is 1. The van der Waals surface area contributed by atoms with Crippen LogP contribution in [-0.4, -0.2) is 48.2 Å². The summed E-state index contributed by atoms with van der Waals surface area (Å²) in [6, 6.07) is 0. The standard InChI is InChI=1S/C12H23NO4/c1-3-6-11(15)13(8-5-10-14)9-7-12(16)17-4-2/h14H,3-10H2,1-2H3. The maximum Gasteiger partial charge on any atom is 0.307 e. The molecule has 5 nitrogen and oxygen atoms in total. The van der Waals surface area contributed by atoms with Crippen molar-refractivity contribution in [3.05, 3.63) is 0 Å². The van der Waals surface area contributed by atoms with Crippen LogP contribution in [0.4, 0.5) is 0 Å². The van der Waals surface area contributed by atoms with E-state index in [1.54, 1.807) is 11.8 Å². The Kier molecular flexibility index (Phi) is 9.43. The van der Waals surface area contributed by atoms with Crippen molar-refractivity contribution >= 4 is 11.9 Å². The van der Waals surface area contributed by atoms with Gasteiger partial charge in [-0.3, -0.25) is 9.59 Å². The molecule has 0 heterocycles. The zero-order valence-corrected chi connectivity index (χ0v) is 10.8. The molecule has 0 aromatic rings. The molecule has 17 heavy (non-hydrogen) atoms. The highest BCUT2D eigenvalue weighted by Crippen LogP contribution is 2.01. The molecule has 1 N–H and O–H groups in total. The summed E-state index contributed by atoms with van der Waals surface area (Å²) in [6.45, 7) is 4.97. The van der Waals surface area contributed by atoms with Gasteiger partial charge in [-0.15, -0.1) is 0 Å². The molecule has 0 aromatic heterocycles. The Labute approximate surface area is 103 Å². The third-order valence-corrected chi connectivity index (χ3v) is 2.29. The molecular weight excluding hydrogens is 222 g/mol. The number of nitrogens with zero attached hydrogens (tertiary/aromatic N) is 1. The van der Waals surface area contributed by atoms with Gasteiger partial charge >= 0.3 is 5.97 Å². The number of ether oxygens (including phenoxy) is 1. The summed E-state index contributed by atoms with van der Waals surface area (Å²) in [5, 5.41) is 8.76. The number of aliphatic hydroxyl groups is 1. The normalized spacial score (nSPS) is 10.1. The highest BCUT2D eigenvalue weighted by Gasteiger charge is 2.13. The van der Waals surface area contributed by atoms with Gasteiger partial charge in [0.1, 0.15) is 0 Å². The van der Waals surface area contributed by atoms with Gasteiger partial charge in [0.2, 0.25) is 5.91 Å². The van der Waals surface area contributed by atoms with Gasteiger partial charge in [-0.25, -0.2) is 0 Å². The highest BCUT2D eigenvalue weighted by atomic mass is 16.5. The molecule has 0 unspecified atom stereocenters. The number of rotatable bonds is 9. The van der Waals surface area contributed by atoms with Crippen molar-refractivity contribution in [2.45, 2.75) is 39.5 Å². The van der Waals surface area contributed by atoms with Gasteiger partial charge < -0.3 is 14.7 Å². The van der Waals surface area contributed by atoms with E-state index in [-0.39, 0.29) is 24.9 Å². The van der Waals surface area contributed by atoms with E-state index >= 15 is 0 Å². The number of hydrogen-bond acceptors (Lipinski definition) is 4. The summed E-state index contributed by atoms with van der Waals surface area (Å²) in [6.07, 6.45) is 2.02. The molecule has 5 heteroatoms. The third-order valence-electron chi connectivity index (χ3n) is 2.29. The van der Waals surface area contributed by atoms with Gasteiger partial charge in [-0.05, 0) is 19.8 Å². The van der Waals surface area contributed by atoms with Crippen LogP contribution in [0.2, 0.25) is 0 Å². The predicted octanol–water partition coefficient (Wildman–Crippen LogP) is 0.951. The summed E-state index contributed by atoms with van der Waals surface area (Å²) in [7, 11) is 0. The molecule has 0 atom stereocenters. The Bertz CT molecular complexity index is 231. The van der Waals surface area contributed by atoms with Crippen molar-refractivity contribution in [3.8, 4) is 0 Å². The van der Waals surface area contributed by atoms with Crippen molar-refractivity contribution < 1.29 is 19.4 Å². The topological polar surface area (TPSA) is 66.8 Å². The zero-order valence-electron chi connectivity index (χ0n) is 10.8. The molecule has 0 saturated heterocycles. The predicted molar refractivity (Wildman–Crippen MR) is 64.4 cm³/mol. The first-order valence-corrected chi connectivity index (χ1v) is 6.19. The maximum atomic E-state index is 11.7. The van der Waals surface area contributed by atoms with E-state index in [0.29, 0.717) is 32.5 Å². The lowest BCUT2D eigenvalue weighted by Gasteiger charge is -2.21. The fourth-order valence-corrected chi connectivity index (χ4v) is 1.45. The van der Waals surface area contributed by atoms with Crippen LogP contribution < -0.4 is 0 Å². The summed E-state index contributed by atoms with van der Waals surface area (Å²) < 4.78 is 4.81. The van der Waals surface area contributed by atoms with Gasteiger partial charge in [-0.2, -0.15) is 0 Å². The number of carbonyl (C=O) groups is 2. The fraction of sp³-hybridized carbons (Fsp3) is 0.833. The van der Waals surface area contributed by atoms with E-state index in [2.05, 4.69) is 0 Å². The van der Waals surface area contributed by atoms with E-state index in [1.807, 2.05) is 6.92 Å².